The van der Waals surface area contributed by atoms with Gasteiger partial charge in [0, 0.05) is 51.1 Å². The molecular weight excluding hydrogens is 379 g/mol. The van der Waals surface area contributed by atoms with E-state index in [4.69, 9.17) is 0 Å². The van der Waals surface area contributed by atoms with Gasteiger partial charge in [0.2, 0.25) is 5.91 Å². The zero-order valence-corrected chi connectivity index (χ0v) is 16.9. The zero-order valence-electron chi connectivity index (χ0n) is 16.9. The standard InChI is InChI=1S/C25H25FN2O2/c26-22-10-8-20(9-11-22)24(29)12-13-25(30)28-16-14-27(15-17-28)18-21-6-3-5-19-4-1-2-7-23(19)21/h1-11H,12-18H2. The Hall–Kier alpha value is -3.05. The van der Waals surface area contributed by atoms with E-state index in [-0.39, 0.29) is 30.3 Å². The maximum atomic E-state index is 13.0. The molecule has 1 saturated heterocycles. The van der Waals surface area contributed by atoms with Crippen molar-refractivity contribution in [3.05, 3.63) is 83.7 Å². The minimum absolute atomic E-state index is 0.00951. The third-order valence-electron chi connectivity index (χ3n) is 5.73. The van der Waals surface area contributed by atoms with Crippen molar-refractivity contribution < 1.29 is 14.0 Å². The van der Waals surface area contributed by atoms with Crippen LogP contribution in [0.4, 0.5) is 4.39 Å². The molecule has 154 valence electrons. The van der Waals surface area contributed by atoms with Gasteiger partial charge >= 0.3 is 0 Å². The smallest absolute Gasteiger partial charge is 0.223 e. The lowest BCUT2D eigenvalue weighted by Crippen LogP contribution is -2.48. The molecule has 4 rings (SSSR count). The molecule has 3 aromatic carbocycles. The van der Waals surface area contributed by atoms with Crippen LogP contribution in [0.25, 0.3) is 10.8 Å². The number of benzene rings is 3. The van der Waals surface area contributed by atoms with Gasteiger partial charge in [-0.15, -0.1) is 0 Å². The Bertz CT molecular complexity index is 1040. The average Bonchev–Trinajstić information content (AvgIpc) is 2.78. The summed E-state index contributed by atoms with van der Waals surface area (Å²) in [4.78, 5) is 28.9. The number of Topliss-reactive ketones (excluding diaryl/α,β-unsaturated/α-hetero) is 1. The summed E-state index contributed by atoms with van der Waals surface area (Å²) in [5.41, 5.74) is 1.75. The van der Waals surface area contributed by atoms with Crippen molar-refractivity contribution in [2.75, 3.05) is 26.2 Å². The molecule has 4 nitrogen and oxygen atoms in total. The topological polar surface area (TPSA) is 40.6 Å². The molecule has 0 aliphatic carbocycles. The minimum Gasteiger partial charge on any atom is -0.340 e. The van der Waals surface area contributed by atoms with E-state index in [1.165, 1.54) is 40.6 Å². The number of hydrogen-bond donors (Lipinski definition) is 0. The number of halogens is 1. The van der Waals surface area contributed by atoms with Crippen molar-refractivity contribution in [1.29, 1.82) is 0 Å². The van der Waals surface area contributed by atoms with Crippen molar-refractivity contribution in [2.24, 2.45) is 0 Å². The summed E-state index contributed by atoms with van der Waals surface area (Å²) >= 11 is 0. The molecule has 0 N–H and O–H groups in total. The molecule has 1 amide bonds. The van der Waals surface area contributed by atoms with E-state index in [2.05, 4.69) is 47.4 Å². The monoisotopic (exact) mass is 404 g/mol. The molecule has 0 saturated carbocycles. The summed E-state index contributed by atoms with van der Waals surface area (Å²) in [6.45, 7) is 3.86. The lowest BCUT2D eigenvalue weighted by molar-refractivity contribution is -0.132. The van der Waals surface area contributed by atoms with E-state index in [1.54, 1.807) is 0 Å². The second kappa shape index (κ2) is 9.18. The second-order valence-electron chi connectivity index (χ2n) is 7.73. The Morgan fingerprint density at radius 2 is 1.50 bits per heavy atom. The molecule has 0 radical (unpaired) electrons. The van der Waals surface area contributed by atoms with Crippen LogP contribution in [0, 0.1) is 5.82 Å². The van der Waals surface area contributed by atoms with Gasteiger partial charge in [0.1, 0.15) is 5.82 Å². The number of piperazine rings is 1. The van der Waals surface area contributed by atoms with E-state index in [0.717, 1.165) is 19.6 Å². The molecule has 0 aromatic heterocycles. The number of rotatable bonds is 6. The number of amides is 1. The van der Waals surface area contributed by atoms with Crippen molar-refractivity contribution >= 4 is 22.5 Å². The van der Waals surface area contributed by atoms with E-state index in [0.29, 0.717) is 18.7 Å². The molecular formula is C25H25FN2O2. The maximum absolute atomic E-state index is 13.0. The summed E-state index contributed by atoms with van der Waals surface area (Å²) in [6.07, 6.45) is 0.347. The third-order valence-corrected chi connectivity index (χ3v) is 5.73. The Balaban J connectivity index is 1.27. The summed E-state index contributed by atoms with van der Waals surface area (Å²) < 4.78 is 13.0. The summed E-state index contributed by atoms with van der Waals surface area (Å²) in [5.74, 6) is -0.489. The van der Waals surface area contributed by atoms with Crippen LogP contribution in [0.3, 0.4) is 0 Å². The van der Waals surface area contributed by atoms with Gasteiger partial charge in [0.25, 0.3) is 0 Å². The van der Waals surface area contributed by atoms with E-state index in [1.807, 2.05) is 4.90 Å². The van der Waals surface area contributed by atoms with Gasteiger partial charge in [-0.2, -0.15) is 0 Å². The van der Waals surface area contributed by atoms with Gasteiger partial charge in [-0.1, -0.05) is 42.5 Å². The number of carbonyl (C=O) groups is 2. The van der Waals surface area contributed by atoms with Crippen molar-refractivity contribution in [1.82, 2.24) is 9.80 Å². The predicted octanol–water partition coefficient (Wildman–Crippen LogP) is 4.29. The van der Waals surface area contributed by atoms with Crippen LogP contribution in [0.5, 0.6) is 0 Å². The summed E-state index contributed by atoms with van der Waals surface area (Å²) in [6, 6.07) is 20.3. The van der Waals surface area contributed by atoms with Crippen molar-refractivity contribution in [3.8, 4) is 0 Å². The largest absolute Gasteiger partial charge is 0.340 e. The third kappa shape index (κ3) is 4.74. The van der Waals surface area contributed by atoms with Crippen LogP contribution in [0.15, 0.2) is 66.7 Å². The maximum Gasteiger partial charge on any atom is 0.223 e. The van der Waals surface area contributed by atoms with Crippen molar-refractivity contribution in [2.45, 2.75) is 19.4 Å². The molecule has 1 aliphatic rings. The number of carbonyl (C=O) groups excluding carboxylic acids is 2. The Morgan fingerprint density at radius 3 is 2.27 bits per heavy atom. The lowest BCUT2D eigenvalue weighted by atomic mass is 10.0. The van der Waals surface area contributed by atoms with Crippen LogP contribution < -0.4 is 0 Å². The van der Waals surface area contributed by atoms with Crippen LogP contribution in [0.1, 0.15) is 28.8 Å². The normalized spacial score (nSPS) is 14.8. The first-order valence-corrected chi connectivity index (χ1v) is 10.4. The highest BCUT2D eigenvalue weighted by atomic mass is 19.1. The molecule has 3 aromatic rings. The molecule has 1 fully saturated rings. The SMILES string of the molecule is O=C(CCC(=O)N1CCN(Cc2cccc3ccccc23)CC1)c1ccc(F)cc1. The molecule has 0 bridgehead atoms. The Kier molecular flexibility index (Phi) is 6.19. The molecule has 30 heavy (non-hydrogen) atoms. The van der Waals surface area contributed by atoms with Gasteiger partial charge in [0.15, 0.2) is 5.78 Å². The van der Waals surface area contributed by atoms with E-state index < -0.39 is 0 Å². The second-order valence-corrected chi connectivity index (χ2v) is 7.73. The van der Waals surface area contributed by atoms with E-state index >= 15 is 0 Å². The van der Waals surface area contributed by atoms with Gasteiger partial charge in [0.05, 0.1) is 0 Å². The zero-order chi connectivity index (χ0) is 20.9. The molecule has 0 spiro atoms. The first-order chi connectivity index (χ1) is 14.6. The highest BCUT2D eigenvalue weighted by Crippen LogP contribution is 2.20. The molecule has 0 atom stereocenters. The predicted molar refractivity (Wildman–Crippen MR) is 116 cm³/mol. The fourth-order valence-corrected chi connectivity index (χ4v) is 3.99. The van der Waals surface area contributed by atoms with Gasteiger partial charge in [-0.05, 0) is 40.6 Å². The van der Waals surface area contributed by atoms with Gasteiger partial charge in [-0.25, -0.2) is 4.39 Å². The highest BCUT2D eigenvalue weighted by Gasteiger charge is 2.22. The van der Waals surface area contributed by atoms with E-state index in [9.17, 15) is 14.0 Å². The highest BCUT2D eigenvalue weighted by molar-refractivity contribution is 5.97. The van der Waals surface area contributed by atoms with Gasteiger partial charge < -0.3 is 4.90 Å². The Labute approximate surface area is 175 Å². The average molecular weight is 404 g/mol. The van der Waals surface area contributed by atoms with Crippen molar-refractivity contribution in [3.63, 3.8) is 0 Å². The van der Waals surface area contributed by atoms with Crippen LogP contribution >= 0.6 is 0 Å². The summed E-state index contributed by atoms with van der Waals surface area (Å²) in [7, 11) is 0. The number of ketones is 1. The lowest BCUT2D eigenvalue weighted by Gasteiger charge is -2.35. The van der Waals surface area contributed by atoms with Gasteiger partial charge in [-0.3, -0.25) is 14.5 Å². The Morgan fingerprint density at radius 1 is 0.800 bits per heavy atom. The quantitative estimate of drug-likeness (QED) is 0.576. The number of nitrogens with zero attached hydrogens (tertiary/aromatic N) is 2. The van der Waals surface area contributed by atoms with Crippen LogP contribution in [-0.2, 0) is 11.3 Å². The molecule has 1 aliphatic heterocycles. The molecule has 1 heterocycles. The molecule has 5 heteroatoms. The van der Waals surface area contributed by atoms with Crippen LogP contribution in [-0.4, -0.2) is 47.7 Å². The van der Waals surface area contributed by atoms with Crippen LogP contribution in [0.2, 0.25) is 0 Å². The number of fused-ring (bicyclic) bond motifs is 1. The number of hydrogen-bond acceptors (Lipinski definition) is 3. The summed E-state index contributed by atoms with van der Waals surface area (Å²) in [5, 5.41) is 2.52. The molecule has 0 unspecified atom stereocenters. The minimum atomic E-state index is -0.371. The fourth-order valence-electron chi connectivity index (χ4n) is 3.99. The fraction of sp³-hybridized carbons (Fsp3) is 0.280. The first-order valence-electron chi connectivity index (χ1n) is 10.4. The first kappa shape index (κ1) is 20.2.